The van der Waals surface area contributed by atoms with Crippen LogP contribution in [0.5, 0.6) is 0 Å². The lowest BCUT2D eigenvalue weighted by atomic mass is 10.5. The molecule has 0 amide bonds. The van der Waals surface area contributed by atoms with E-state index in [1.807, 2.05) is 13.8 Å². The first kappa shape index (κ1) is 14.4. The molecule has 0 saturated heterocycles. The molecule has 0 aromatic carbocycles. The molecule has 0 bridgehead atoms. The Balaban J connectivity index is 2.24. The third kappa shape index (κ3) is 5.49. The van der Waals surface area contributed by atoms with Crippen LogP contribution in [0.4, 0.5) is 0 Å². The second kappa shape index (κ2) is 8.46. The van der Waals surface area contributed by atoms with Gasteiger partial charge in [-0.05, 0) is 13.8 Å². The normalized spacial score (nSPS) is 11.3. The molecule has 1 rings (SSSR count). The van der Waals surface area contributed by atoms with Crippen LogP contribution < -0.4 is 5.73 Å². The summed E-state index contributed by atoms with van der Waals surface area (Å²) in [5, 5.41) is 8.18. The van der Waals surface area contributed by atoms with Crippen molar-refractivity contribution in [2.24, 2.45) is 5.73 Å². The number of nitrogens with zero attached hydrogens (tertiary/aromatic N) is 2. The van der Waals surface area contributed by atoms with Gasteiger partial charge in [-0.2, -0.15) is 0 Å². The summed E-state index contributed by atoms with van der Waals surface area (Å²) in [6.45, 7) is 5.46. The lowest BCUT2D eigenvalue weighted by Crippen LogP contribution is -2.18. The minimum atomic E-state index is -0.158. The second-order valence-electron chi connectivity index (χ2n) is 3.14. The molecule has 98 valence electrons. The predicted molar refractivity (Wildman–Crippen MR) is 64.6 cm³/mol. The number of thioether (sulfide) groups is 1. The Morgan fingerprint density at radius 2 is 2.00 bits per heavy atom. The first-order valence-corrected chi connectivity index (χ1v) is 6.67. The molecule has 0 aliphatic rings. The van der Waals surface area contributed by atoms with Gasteiger partial charge in [-0.3, -0.25) is 0 Å². The molecule has 0 spiro atoms. The number of hydrogen-bond acceptors (Lipinski definition) is 7. The van der Waals surface area contributed by atoms with Gasteiger partial charge in [-0.25, -0.2) is 0 Å². The maximum absolute atomic E-state index is 5.42. The fourth-order valence-electron chi connectivity index (χ4n) is 1.21. The fourth-order valence-corrected chi connectivity index (χ4v) is 1.95. The number of nitrogens with two attached hydrogens (primary N) is 1. The van der Waals surface area contributed by atoms with Crippen LogP contribution >= 0.6 is 11.8 Å². The summed E-state index contributed by atoms with van der Waals surface area (Å²) < 4.78 is 16.1. The van der Waals surface area contributed by atoms with Crippen LogP contribution in [0.25, 0.3) is 0 Å². The Bertz CT molecular complexity index is 303. The maximum Gasteiger partial charge on any atom is 0.276 e. The van der Waals surface area contributed by atoms with Crippen molar-refractivity contribution in [2.75, 3.05) is 19.0 Å². The van der Waals surface area contributed by atoms with Crippen molar-refractivity contribution < 1.29 is 13.9 Å². The van der Waals surface area contributed by atoms with Crippen LogP contribution in [0.1, 0.15) is 26.2 Å². The van der Waals surface area contributed by atoms with Crippen LogP contribution in [0.2, 0.25) is 0 Å². The van der Waals surface area contributed by atoms with Crippen LogP contribution in [0.3, 0.4) is 0 Å². The van der Waals surface area contributed by atoms with E-state index >= 15 is 0 Å². The monoisotopic (exact) mass is 261 g/mol. The average molecular weight is 261 g/mol. The molecule has 1 aromatic rings. The van der Waals surface area contributed by atoms with Crippen molar-refractivity contribution in [2.45, 2.75) is 38.3 Å². The van der Waals surface area contributed by atoms with Crippen molar-refractivity contribution in [1.29, 1.82) is 0 Å². The first-order valence-electron chi connectivity index (χ1n) is 5.68. The van der Waals surface area contributed by atoms with E-state index in [2.05, 4.69) is 10.2 Å². The number of aromatic nitrogens is 2. The summed E-state index contributed by atoms with van der Waals surface area (Å²) in [5.41, 5.74) is 5.37. The molecule has 0 unspecified atom stereocenters. The molecule has 0 aliphatic carbocycles. The summed E-state index contributed by atoms with van der Waals surface area (Å²) in [5.74, 6) is 1.26. The molecule has 1 aromatic heterocycles. The van der Waals surface area contributed by atoms with Gasteiger partial charge in [0.15, 0.2) is 6.29 Å². The van der Waals surface area contributed by atoms with Gasteiger partial charge in [0, 0.05) is 25.4 Å². The van der Waals surface area contributed by atoms with E-state index < -0.39 is 0 Å². The van der Waals surface area contributed by atoms with Crippen molar-refractivity contribution >= 4 is 11.8 Å². The zero-order chi connectivity index (χ0) is 12.5. The largest absolute Gasteiger partial charge is 0.415 e. The number of hydrogen-bond donors (Lipinski definition) is 1. The third-order valence-electron chi connectivity index (χ3n) is 1.91. The molecular formula is C10H19N3O3S. The minimum Gasteiger partial charge on any atom is -0.415 e. The summed E-state index contributed by atoms with van der Waals surface area (Å²) >= 11 is 1.48. The molecule has 7 heteroatoms. The highest BCUT2D eigenvalue weighted by atomic mass is 32.2. The van der Waals surface area contributed by atoms with Gasteiger partial charge in [-0.1, -0.05) is 11.8 Å². The lowest BCUT2D eigenvalue weighted by Gasteiger charge is -2.15. The van der Waals surface area contributed by atoms with Crippen molar-refractivity contribution in [3.63, 3.8) is 0 Å². The summed E-state index contributed by atoms with van der Waals surface area (Å²) in [6, 6.07) is 0. The zero-order valence-corrected chi connectivity index (χ0v) is 11.0. The first-order chi connectivity index (χ1) is 8.30. The molecular weight excluding hydrogens is 242 g/mol. The van der Waals surface area contributed by atoms with E-state index in [-0.39, 0.29) is 12.8 Å². The van der Waals surface area contributed by atoms with E-state index in [4.69, 9.17) is 19.6 Å². The minimum absolute atomic E-state index is 0.158. The molecule has 1 heterocycles. The molecule has 0 saturated carbocycles. The van der Waals surface area contributed by atoms with Crippen molar-refractivity contribution in [3.8, 4) is 0 Å². The SMILES string of the molecule is CCOC(CCSc1nnc(CN)o1)OCC. The van der Waals surface area contributed by atoms with Crippen LogP contribution in [0, 0.1) is 0 Å². The quantitative estimate of drug-likeness (QED) is 0.531. The second-order valence-corrected chi connectivity index (χ2v) is 4.19. The Hall–Kier alpha value is -0.630. The van der Waals surface area contributed by atoms with Gasteiger partial charge in [-0.15, -0.1) is 10.2 Å². The average Bonchev–Trinajstić information content (AvgIpc) is 2.77. The Morgan fingerprint density at radius 1 is 1.29 bits per heavy atom. The van der Waals surface area contributed by atoms with Crippen molar-refractivity contribution in [1.82, 2.24) is 10.2 Å². The molecule has 2 N–H and O–H groups in total. The van der Waals surface area contributed by atoms with E-state index in [1.54, 1.807) is 0 Å². The topological polar surface area (TPSA) is 83.4 Å². The third-order valence-corrected chi connectivity index (χ3v) is 2.76. The molecule has 0 aliphatic heterocycles. The van der Waals surface area contributed by atoms with Crippen LogP contribution in [-0.4, -0.2) is 35.5 Å². The molecule has 17 heavy (non-hydrogen) atoms. The molecule has 0 fully saturated rings. The van der Waals surface area contributed by atoms with Gasteiger partial charge in [0.05, 0.1) is 6.54 Å². The van der Waals surface area contributed by atoms with Gasteiger partial charge in [0.25, 0.3) is 5.22 Å². The summed E-state index contributed by atoms with van der Waals surface area (Å²) in [6.07, 6.45) is 0.626. The molecule has 6 nitrogen and oxygen atoms in total. The summed E-state index contributed by atoms with van der Waals surface area (Å²) in [4.78, 5) is 0. The fraction of sp³-hybridized carbons (Fsp3) is 0.800. The number of ether oxygens (including phenoxy) is 2. The van der Waals surface area contributed by atoms with Crippen LogP contribution in [0.15, 0.2) is 9.64 Å². The lowest BCUT2D eigenvalue weighted by molar-refractivity contribution is -0.136. The van der Waals surface area contributed by atoms with Gasteiger partial charge >= 0.3 is 0 Å². The Morgan fingerprint density at radius 3 is 2.53 bits per heavy atom. The van der Waals surface area contributed by atoms with Gasteiger partial charge in [0.2, 0.25) is 5.89 Å². The Kier molecular flexibility index (Phi) is 7.18. The van der Waals surface area contributed by atoms with Gasteiger partial charge in [0.1, 0.15) is 0 Å². The highest BCUT2D eigenvalue weighted by Crippen LogP contribution is 2.18. The van der Waals surface area contributed by atoms with Gasteiger partial charge < -0.3 is 19.6 Å². The van der Waals surface area contributed by atoms with E-state index in [0.717, 1.165) is 12.2 Å². The van der Waals surface area contributed by atoms with E-state index in [9.17, 15) is 0 Å². The smallest absolute Gasteiger partial charge is 0.276 e. The molecule has 0 atom stereocenters. The highest BCUT2D eigenvalue weighted by Gasteiger charge is 2.10. The zero-order valence-electron chi connectivity index (χ0n) is 10.2. The Labute approximate surface area is 105 Å². The summed E-state index contributed by atoms with van der Waals surface area (Å²) in [7, 11) is 0. The van der Waals surface area contributed by atoms with E-state index in [0.29, 0.717) is 24.3 Å². The predicted octanol–water partition coefficient (Wildman–Crippen LogP) is 1.41. The maximum atomic E-state index is 5.42. The van der Waals surface area contributed by atoms with Crippen molar-refractivity contribution in [3.05, 3.63) is 5.89 Å². The standard InChI is InChI=1S/C10H19N3O3S/c1-3-14-9(15-4-2)5-6-17-10-13-12-8(7-11)16-10/h9H,3-7,11H2,1-2H3. The van der Waals surface area contributed by atoms with E-state index in [1.165, 1.54) is 11.8 Å². The molecule has 0 radical (unpaired) electrons. The van der Waals surface area contributed by atoms with Crippen LogP contribution in [-0.2, 0) is 16.0 Å². The number of rotatable bonds is 9. The highest BCUT2D eigenvalue weighted by molar-refractivity contribution is 7.99.